The summed E-state index contributed by atoms with van der Waals surface area (Å²) in [5.41, 5.74) is 0.906. The SMILES string of the molecule is CCC(C)(CNCCOC)C1CS(=O)(=O)c2ccccc21. The summed E-state index contributed by atoms with van der Waals surface area (Å²) in [6, 6.07) is 7.44. The molecule has 5 heteroatoms. The number of ether oxygens (including phenoxy) is 1. The van der Waals surface area contributed by atoms with Crippen LogP contribution in [-0.2, 0) is 14.6 Å². The zero-order valence-electron chi connectivity index (χ0n) is 13.1. The molecule has 0 spiro atoms. The van der Waals surface area contributed by atoms with E-state index < -0.39 is 9.84 Å². The van der Waals surface area contributed by atoms with Crippen molar-refractivity contribution in [2.45, 2.75) is 31.1 Å². The minimum Gasteiger partial charge on any atom is -0.383 e. The smallest absolute Gasteiger partial charge is 0.179 e. The van der Waals surface area contributed by atoms with Gasteiger partial charge < -0.3 is 10.1 Å². The van der Waals surface area contributed by atoms with E-state index in [-0.39, 0.29) is 17.1 Å². The minimum atomic E-state index is -3.14. The summed E-state index contributed by atoms with van der Waals surface area (Å²) in [4.78, 5) is 0.520. The molecule has 2 rings (SSSR count). The highest BCUT2D eigenvalue weighted by Gasteiger charge is 2.43. The van der Waals surface area contributed by atoms with E-state index in [2.05, 4.69) is 19.2 Å². The summed E-state index contributed by atoms with van der Waals surface area (Å²) in [6.07, 6.45) is 0.932. The monoisotopic (exact) mass is 311 g/mol. The average Bonchev–Trinajstić information content (AvgIpc) is 2.76. The van der Waals surface area contributed by atoms with Gasteiger partial charge in [0.1, 0.15) is 0 Å². The number of hydrogen-bond acceptors (Lipinski definition) is 4. The molecule has 0 radical (unpaired) electrons. The van der Waals surface area contributed by atoms with Gasteiger partial charge in [-0.15, -0.1) is 0 Å². The molecule has 0 saturated carbocycles. The molecule has 0 fully saturated rings. The second-order valence-electron chi connectivity index (χ2n) is 6.05. The molecule has 1 aromatic carbocycles. The number of nitrogens with one attached hydrogen (secondary N) is 1. The van der Waals surface area contributed by atoms with Crippen molar-refractivity contribution >= 4 is 9.84 Å². The van der Waals surface area contributed by atoms with Crippen LogP contribution in [0.1, 0.15) is 31.7 Å². The normalized spacial score (nSPS) is 22.7. The van der Waals surface area contributed by atoms with Crippen LogP contribution >= 0.6 is 0 Å². The van der Waals surface area contributed by atoms with Gasteiger partial charge in [0.25, 0.3) is 0 Å². The molecule has 1 N–H and O–H groups in total. The Kier molecular flexibility index (Phi) is 5.07. The second kappa shape index (κ2) is 6.46. The van der Waals surface area contributed by atoms with Gasteiger partial charge in [-0.25, -0.2) is 8.42 Å². The molecule has 21 heavy (non-hydrogen) atoms. The molecule has 1 aliphatic heterocycles. The van der Waals surface area contributed by atoms with Gasteiger partial charge in [0, 0.05) is 26.1 Å². The first-order chi connectivity index (χ1) is 9.94. The van der Waals surface area contributed by atoms with Crippen LogP contribution in [0.15, 0.2) is 29.2 Å². The maximum absolute atomic E-state index is 12.4. The Balaban J connectivity index is 2.23. The summed E-state index contributed by atoms with van der Waals surface area (Å²) in [7, 11) is -1.45. The average molecular weight is 311 g/mol. The first-order valence-electron chi connectivity index (χ1n) is 7.46. The maximum Gasteiger partial charge on any atom is 0.179 e. The van der Waals surface area contributed by atoms with Gasteiger partial charge in [0.05, 0.1) is 17.3 Å². The van der Waals surface area contributed by atoms with E-state index in [9.17, 15) is 8.42 Å². The van der Waals surface area contributed by atoms with Gasteiger partial charge in [-0.3, -0.25) is 0 Å². The predicted octanol–water partition coefficient (Wildman–Crippen LogP) is 2.21. The van der Waals surface area contributed by atoms with Crippen molar-refractivity contribution in [3.8, 4) is 0 Å². The van der Waals surface area contributed by atoms with Gasteiger partial charge >= 0.3 is 0 Å². The molecule has 118 valence electrons. The van der Waals surface area contributed by atoms with E-state index in [1.54, 1.807) is 19.2 Å². The molecular weight excluding hydrogens is 286 g/mol. The zero-order chi connectivity index (χ0) is 15.5. The molecular formula is C16H25NO3S. The lowest BCUT2D eigenvalue weighted by Gasteiger charge is -2.35. The van der Waals surface area contributed by atoms with Crippen molar-refractivity contribution in [1.29, 1.82) is 0 Å². The second-order valence-corrected chi connectivity index (χ2v) is 8.05. The van der Waals surface area contributed by atoms with Crippen LogP contribution in [0.25, 0.3) is 0 Å². The highest BCUT2D eigenvalue weighted by molar-refractivity contribution is 7.91. The van der Waals surface area contributed by atoms with E-state index in [4.69, 9.17) is 4.74 Å². The molecule has 1 heterocycles. The maximum atomic E-state index is 12.4. The number of fused-ring (bicyclic) bond motifs is 1. The highest BCUT2D eigenvalue weighted by Crippen LogP contribution is 2.46. The molecule has 1 aliphatic rings. The van der Waals surface area contributed by atoms with Gasteiger partial charge in [-0.1, -0.05) is 32.0 Å². The third-order valence-electron chi connectivity index (χ3n) is 4.68. The summed E-state index contributed by atoms with van der Waals surface area (Å²) >= 11 is 0. The van der Waals surface area contributed by atoms with Crippen molar-refractivity contribution in [2.24, 2.45) is 5.41 Å². The summed E-state index contributed by atoms with van der Waals surface area (Å²) in [5, 5.41) is 3.39. The molecule has 2 atom stereocenters. The standard InChI is InChI=1S/C16H25NO3S/c1-4-16(2,12-17-9-10-20-3)14-11-21(18,19)15-8-6-5-7-13(14)15/h5-8,14,17H,4,9-12H2,1-3H3. The highest BCUT2D eigenvalue weighted by atomic mass is 32.2. The van der Waals surface area contributed by atoms with E-state index in [1.807, 2.05) is 12.1 Å². The van der Waals surface area contributed by atoms with Gasteiger partial charge in [-0.05, 0) is 23.5 Å². The summed E-state index contributed by atoms with van der Waals surface area (Å²) in [5.74, 6) is 0.279. The molecule has 0 aromatic heterocycles. The third-order valence-corrected chi connectivity index (χ3v) is 6.49. The van der Waals surface area contributed by atoms with E-state index in [1.165, 1.54) is 0 Å². The first kappa shape index (κ1) is 16.5. The molecule has 0 saturated heterocycles. The number of hydrogen-bond donors (Lipinski definition) is 1. The van der Waals surface area contributed by atoms with Crippen LogP contribution in [0.3, 0.4) is 0 Å². The number of sulfone groups is 1. The van der Waals surface area contributed by atoms with Gasteiger partial charge in [0.15, 0.2) is 9.84 Å². The van der Waals surface area contributed by atoms with Crippen LogP contribution in [-0.4, -0.2) is 41.0 Å². The molecule has 2 unspecified atom stereocenters. The van der Waals surface area contributed by atoms with Crippen molar-refractivity contribution in [2.75, 3.05) is 32.6 Å². The Morgan fingerprint density at radius 1 is 1.38 bits per heavy atom. The topological polar surface area (TPSA) is 55.4 Å². The Morgan fingerprint density at radius 3 is 2.76 bits per heavy atom. The van der Waals surface area contributed by atoms with Crippen LogP contribution in [0.5, 0.6) is 0 Å². The Hall–Kier alpha value is -0.910. The van der Waals surface area contributed by atoms with Crippen LogP contribution in [0.2, 0.25) is 0 Å². The lowest BCUT2D eigenvalue weighted by molar-refractivity contribution is 0.185. The van der Waals surface area contributed by atoms with Gasteiger partial charge in [0.2, 0.25) is 0 Å². The molecule has 4 nitrogen and oxygen atoms in total. The van der Waals surface area contributed by atoms with E-state index in [0.717, 1.165) is 25.1 Å². The fourth-order valence-corrected chi connectivity index (χ4v) is 5.13. The van der Waals surface area contributed by atoms with Crippen molar-refractivity contribution in [3.05, 3.63) is 29.8 Å². The van der Waals surface area contributed by atoms with Crippen molar-refractivity contribution in [3.63, 3.8) is 0 Å². The molecule has 0 bridgehead atoms. The lowest BCUT2D eigenvalue weighted by atomic mass is 9.72. The quantitative estimate of drug-likeness (QED) is 0.785. The van der Waals surface area contributed by atoms with Crippen LogP contribution in [0.4, 0.5) is 0 Å². The fraction of sp³-hybridized carbons (Fsp3) is 0.625. The van der Waals surface area contributed by atoms with Crippen molar-refractivity contribution in [1.82, 2.24) is 5.32 Å². The molecule has 1 aromatic rings. The largest absolute Gasteiger partial charge is 0.383 e. The fourth-order valence-electron chi connectivity index (χ4n) is 3.07. The Labute approximate surface area is 127 Å². The van der Waals surface area contributed by atoms with Crippen LogP contribution in [0, 0.1) is 5.41 Å². The van der Waals surface area contributed by atoms with Gasteiger partial charge in [-0.2, -0.15) is 0 Å². The van der Waals surface area contributed by atoms with E-state index >= 15 is 0 Å². The zero-order valence-corrected chi connectivity index (χ0v) is 13.9. The first-order valence-corrected chi connectivity index (χ1v) is 9.11. The number of benzene rings is 1. The van der Waals surface area contributed by atoms with Crippen LogP contribution < -0.4 is 5.32 Å². The Bertz CT molecular complexity index is 585. The lowest BCUT2D eigenvalue weighted by Crippen LogP contribution is -2.38. The number of methoxy groups -OCH3 is 1. The summed E-state index contributed by atoms with van der Waals surface area (Å²) in [6.45, 7) is 6.55. The predicted molar refractivity (Wildman–Crippen MR) is 84.4 cm³/mol. The molecule has 0 amide bonds. The summed E-state index contributed by atoms with van der Waals surface area (Å²) < 4.78 is 29.8. The molecule has 0 aliphatic carbocycles. The third kappa shape index (κ3) is 3.30. The van der Waals surface area contributed by atoms with Crippen molar-refractivity contribution < 1.29 is 13.2 Å². The Morgan fingerprint density at radius 2 is 2.10 bits per heavy atom. The van der Waals surface area contributed by atoms with E-state index in [0.29, 0.717) is 11.5 Å². The number of rotatable bonds is 7. The minimum absolute atomic E-state index is 0.0544.